The van der Waals surface area contributed by atoms with Crippen LogP contribution in [0.3, 0.4) is 0 Å². The van der Waals surface area contributed by atoms with Crippen LogP contribution in [-0.4, -0.2) is 35.3 Å². The second kappa shape index (κ2) is 5.11. The summed E-state index contributed by atoms with van der Waals surface area (Å²) in [6.07, 6.45) is 3.10. The molecule has 3 heterocycles. The maximum absolute atomic E-state index is 12.5. The van der Waals surface area contributed by atoms with Crippen LogP contribution in [0, 0.1) is 0 Å². The SMILES string of the molecule is N[C@@H]1CS(=O)(=O)c2cc(C(=O)Nc3ccnc4[nH]ncc34)ccc21. The Bertz CT molecular complexity index is 1070. The third-order valence-electron chi connectivity index (χ3n) is 4.01. The average Bonchev–Trinajstić information content (AvgIpc) is 3.11. The molecule has 0 bridgehead atoms. The summed E-state index contributed by atoms with van der Waals surface area (Å²) in [5, 5.41) is 10.0. The van der Waals surface area contributed by atoms with Gasteiger partial charge in [0.05, 0.1) is 27.9 Å². The van der Waals surface area contributed by atoms with Gasteiger partial charge in [-0.15, -0.1) is 0 Å². The number of anilines is 1. The van der Waals surface area contributed by atoms with Gasteiger partial charge in [-0.2, -0.15) is 5.10 Å². The number of benzene rings is 1. The fourth-order valence-electron chi connectivity index (χ4n) is 2.82. The van der Waals surface area contributed by atoms with Gasteiger partial charge >= 0.3 is 0 Å². The lowest BCUT2D eigenvalue weighted by Crippen LogP contribution is -2.13. The minimum Gasteiger partial charge on any atom is -0.323 e. The molecule has 24 heavy (non-hydrogen) atoms. The molecule has 4 rings (SSSR count). The van der Waals surface area contributed by atoms with E-state index in [-0.39, 0.29) is 16.2 Å². The van der Waals surface area contributed by atoms with E-state index in [1.807, 2.05) is 0 Å². The van der Waals surface area contributed by atoms with Crippen molar-refractivity contribution in [2.75, 3.05) is 11.1 Å². The number of rotatable bonds is 2. The van der Waals surface area contributed by atoms with Crippen LogP contribution in [0.2, 0.25) is 0 Å². The Morgan fingerprint density at radius 1 is 1.33 bits per heavy atom. The number of nitrogens with one attached hydrogen (secondary N) is 2. The Labute approximate surface area is 137 Å². The summed E-state index contributed by atoms with van der Waals surface area (Å²) in [5.41, 5.74) is 7.72. The number of fused-ring (bicyclic) bond motifs is 2. The van der Waals surface area contributed by atoms with E-state index < -0.39 is 21.8 Å². The van der Waals surface area contributed by atoms with Crippen LogP contribution in [0.15, 0.2) is 41.6 Å². The van der Waals surface area contributed by atoms with Crippen LogP contribution in [0.4, 0.5) is 5.69 Å². The molecule has 1 aliphatic rings. The Kier molecular flexibility index (Phi) is 3.15. The highest BCUT2D eigenvalue weighted by Gasteiger charge is 2.33. The van der Waals surface area contributed by atoms with Crippen molar-refractivity contribution in [3.8, 4) is 0 Å². The smallest absolute Gasteiger partial charge is 0.255 e. The summed E-state index contributed by atoms with van der Waals surface area (Å²) in [7, 11) is -3.44. The number of H-pyrrole nitrogens is 1. The molecule has 3 aromatic rings. The van der Waals surface area contributed by atoms with Crippen molar-refractivity contribution < 1.29 is 13.2 Å². The van der Waals surface area contributed by atoms with Gasteiger partial charge in [0.25, 0.3) is 5.91 Å². The second-order valence-electron chi connectivity index (χ2n) is 5.59. The molecule has 8 nitrogen and oxygen atoms in total. The number of hydrogen-bond donors (Lipinski definition) is 3. The van der Waals surface area contributed by atoms with Crippen molar-refractivity contribution >= 4 is 32.5 Å². The van der Waals surface area contributed by atoms with Crippen LogP contribution in [0.25, 0.3) is 11.0 Å². The van der Waals surface area contributed by atoms with E-state index in [0.29, 0.717) is 22.3 Å². The molecular formula is C15H13N5O3S. The molecule has 2 aromatic heterocycles. The molecule has 9 heteroatoms. The van der Waals surface area contributed by atoms with Gasteiger partial charge in [0.1, 0.15) is 0 Å². The van der Waals surface area contributed by atoms with Crippen LogP contribution < -0.4 is 11.1 Å². The first-order valence-electron chi connectivity index (χ1n) is 7.17. The van der Waals surface area contributed by atoms with E-state index in [1.54, 1.807) is 30.6 Å². The lowest BCUT2D eigenvalue weighted by molar-refractivity contribution is 0.102. The minimum absolute atomic E-state index is 0.130. The van der Waals surface area contributed by atoms with Crippen molar-refractivity contribution in [2.45, 2.75) is 10.9 Å². The minimum atomic E-state index is -3.44. The molecule has 1 aromatic carbocycles. The number of carbonyl (C=O) groups is 1. The predicted molar refractivity (Wildman–Crippen MR) is 87.3 cm³/mol. The van der Waals surface area contributed by atoms with Crippen molar-refractivity contribution in [3.05, 3.63) is 47.8 Å². The van der Waals surface area contributed by atoms with Crippen LogP contribution >= 0.6 is 0 Å². The lowest BCUT2D eigenvalue weighted by atomic mass is 10.1. The second-order valence-corrected chi connectivity index (χ2v) is 7.59. The molecule has 0 unspecified atom stereocenters. The van der Waals surface area contributed by atoms with E-state index in [2.05, 4.69) is 20.5 Å². The highest BCUT2D eigenvalue weighted by Crippen LogP contribution is 2.32. The molecule has 1 aliphatic heterocycles. The summed E-state index contributed by atoms with van der Waals surface area (Å²) in [5.74, 6) is -0.546. The average molecular weight is 343 g/mol. The first-order chi connectivity index (χ1) is 11.5. The van der Waals surface area contributed by atoms with E-state index in [9.17, 15) is 13.2 Å². The van der Waals surface area contributed by atoms with E-state index in [4.69, 9.17) is 5.73 Å². The van der Waals surface area contributed by atoms with Gasteiger partial charge in [0.2, 0.25) is 0 Å². The number of hydrogen-bond acceptors (Lipinski definition) is 6. The van der Waals surface area contributed by atoms with Gasteiger partial charge in [-0.25, -0.2) is 13.4 Å². The Balaban J connectivity index is 1.70. The molecule has 0 spiro atoms. The Morgan fingerprint density at radius 2 is 2.17 bits per heavy atom. The highest BCUT2D eigenvalue weighted by molar-refractivity contribution is 7.91. The topological polar surface area (TPSA) is 131 Å². The number of aromatic nitrogens is 3. The van der Waals surface area contributed by atoms with Crippen LogP contribution in [-0.2, 0) is 9.84 Å². The van der Waals surface area contributed by atoms with Gasteiger partial charge in [-0.1, -0.05) is 6.07 Å². The summed E-state index contributed by atoms with van der Waals surface area (Å²) in [6, 6.07) is 5.64. The molecule has 0 aliphatic carbocycles. The zero-order valence-electron chi connectivity index (χ0n) is 12.4. The van der Waals surface area contributed by atoms with Gasteiger partial charge in [-0.05, 0) is 23.8 Å². The number of sulfone groups is 1. The first-order valence-corrected chi connectivity index (χ1v) is 8.83. The molecule has 1 amide bonds. The lowest BCUT2D eigenvalue weighted by Gasteiger charge is -2.08. The number of carbonyl (C=O) groups excluding carboxylic acids is 1. The Morgan fingerprint density at radius 3 is 3.00 bits per heavy atom. The fourth-order valence-corrected chi connectivity index (χ4v) is 4.54. The molecule has 0 fully saturated rings. The quantitative estimate of drug-likeness (QED) is 0.636. The zero-order chi connectivity index (χ0) is 16.9. The normalized spacial score (nSPS) is 18.5. The van der Waals surface area contributed by atoms with Gasteiger partial charge in [-0.3, -0.25) is 9.89 Å². The monoisotopic (exact) mass is 343 g/mol. The van der Waals surface area contributed by atoms with Crippen LogP contribution in [0.5, 0.6) is 0 Å². The summed E-state index contributed by atoms with van der Waals surface area (Å²) < 4.78 is 24.2. The standard InChI is InChI=1S/C15H13N5O3S/c16-11-7-24(22,23)13-5-8(1-2-9(11)13)15(21)19-12-3-4-17-14-10(12)6-18-20-14/h1-6,11H,7,16H2,(H2,17,18,19,20,21)/t11-/m1/s1. The highest BCUT2D eigenvalue weighted by atomic mass is 32.2. The van der Waals surface area contributed by atoms with Crippen LogP contribution in [0.1, 0.15) is 22.0 Å². The summed E-state index contributed by atoms with van der Waals surface area (Å²) >= 11 is 0. The molecule has 0 saturated carbocycles. The van der Waals surface area contributed by atoms with E-state index in [1.165, 1.54) is 6.07 Å². The molecule has 1 atom stereocenters. The third-order valence-corrected chi connectivity index (χ3v) is 5.83. The largest absolute Gasteiger partial charge is 0.323 e. The van der Waals surface area contributed by atoms with E-state index in [0.717, 1.165) is 0 Å². The van der Waals surface area contributed by atoms with E-state index >= 15 is 0 Å². The zero-order valence-corrected chi connectivity index (χ0v) is 13.2. The fraction of sp³-hybridized carbons (Fsp3) is 0.133. The number of nitrogens with zero attached hydrogens (tertiary/aromatic N) is 2. The van der Waals surface area contributed by atoms with Crippen molar-refractivity contribution in [2.24, 2.45) is 5.73 Å². The molecule has 0 radical (unpaired) electrons. The van der Waals surface area contributed by atoms with Crippen molar-refractivity contribution in [3.63, 3.8) is 0 Å². The maximum atomic E-state index is 12.5. The van der Waals surface area contributed by atoms with Crippen molar-refractivity contribution in [1.82, 2.24) is 15.2 Å². The molecule has 4 N–H and O–H groups in total. The summed E-state index contributed by atoms with van der Waals surface area (Å²) in [4.78, 5) is 16.7. The molecule has 122 valence electrons. The van der Waals surface area contributed by atoms with Crippen molar-refractivity contribution in [1.29, 1.82) is 0 Å². The predicted octanol–water partition coefficient (Wildman–Crippen LogP) is 0.997. The Hall–Kier alpha value is -2.78. The number of aromatic amines is 1. The number of pyridine rings is 1. The summed E-state index contributed by atoms with van der Waals surface area (Å²) in [6.45, 7) is 0. The first kappa shape index (κ1) is 14.8. The number of nitrogens with two attached hydrogens (primary N) is 1. The van der Waals surface area contributed by atoms with Gasteiger partial charge in [0, 0.05) is 17.8 Å². The van der Waals surface area contributed by atoms with Gasteiger partial charge < -0.3 is 11.1 Å². The maximum Gasteiger partial charge on any atom is 0.255 e. The van der Waals surface area contributed by atoms with Gasteiger partial charge in [0.15, 0.2) is 15.5 Å². The third kappa shape index (κ3) is 2.25. The molecular weight excluding hydrogens is 330 g/mol. The number of amides is 1. The molecule has 0 saturated heterocycles.